The molecule has 3 rings (SSSR count). The molecule has 0 saturated carbocycles. The molecular formula is C20H23BrN4O. The summed E-state index contributed by atoms with van der Waals surface area (Å²) in [5.41, 5.74) is 2.45. The zero-order valence-corrected chi connectivity index (χ0v) is 16.7. The molecule has 136 valence electrons. The van der Waals surface area contributed by atoms with Crippen LogP contribution in [0.4, 0.5) is 0 Å². The average molecular weight is 415 g/mol. The first-order chi connectivity index (χ1) is 12.6. The molecule has 2 aromatic heterocycles. The minimum absolute atomic E-state index is 0.0243. The van der Waals surface area contributed by atoms with Gasteiger partial charge in [-0.3, -0.25) is 4.79 Å². The monoisotopic (exact) mass is 414 g/mol. The Labute approximate surface area is 162 Å². The zero-order valence-electron chi connectivity index (χ0n) is 15.2. The summed E-state index contributed by atoms with van der Waals surface area (Å²) in [4.78, 5) is 24.1. The maximum atomic E-state index is 13.0. The summed E-state index contributed by atoms with van der Waals surface area (Å²) in [6.45, 7) is 6.23. The van der Waals surface area contributed by atoms with Crippen molar-refractivity contribution < 1.29 is 4.79 Å². The predicted octanol–water partition coefficient (Wildman–Crippen LogP) is 4.66. The number of fused-ring (bicyclic) bond motifs is 1. The Hall–Kier alpha value is -2.21. The SMILES string of the molecule is CCCN(Cc1nc2cccnc2n1CCC)C(=O)c1cccc(Br)c1. The Kier molecular flexibility index (Phi) is 6.04. The highest BCUT2D eigenvalue weighted by Crippen LogP contribution is 2.19. The van der Waals surface area contributed by atoms with Gasteiger partial charge in [0, 0.05) is 29.3 Å². The van der Waals surface area contributed by atoms with Crippen molar-refractivity contribution in [3.63, 3.8) is 0 Å². The molecule has 3 aromatic rings. The van der Waals surface area contributed by atoms with Crippen molar-refractivity contribution in [2.45, 2.75) is 39.8 Å². The molecule has 0 bridgehead atoms. The number of hydrogen-bond donors (Lipinski definition) is 0. The Bertz CT molecular complexity index is 906. The minimum atomic E-state index is 0.0243. The number of benzene rings is 1. The molecule has 0 aliphatic rings. The number of nitrogens with zero attached hydrogens (tertiary/aromatic N) is 4. The third kappa shape index (κ3) is 3.96. The largest absolute Gasteiger partial charge is 0.331 e. The van der Waals surface area contributed by atoms with Gasteiger partial charge in [0.05, 0.1) is 6.54 Å². The highest BCUT2D eigenvalue weighted by molar-refractivity contribution is 9.10. The van der Waals surface area contributed by atoms with E-state index in [0.29, 0.717) is 18.7 Å². The Morgan fingerprint density at radius 2 is 2.04 bits per heavy atom. The number of pyridine rings is 1. The smallest absolute Gasteiger partial charge is 0.254 e. The molecule has 26 heavy (non-hydrogen) atoms. The van der Waals surface area contributed by atoms with Crippen LogP contribution in [0.25, 0.3) is 11.2 Å². The van der Waals surface area contributed by atoms with Crippen LogP contribution in [0.3, 0.4) is 0 Å². The maximum absolute atomic E-state index is 13.0. The quantitative estimate of drug-likeness (QED) is 0.564. The van der Waals surface area contributed by atoms with Crippen LogP contribution in [-0.4, -0.2) is 31.9 Å². The van der Waals surface area contributed by atoms with Crippen LogP contribution in [0, 0.1) is 0 Å². The maximum Gasteiger partial charge on any atom is 0.254 e. The van der Waals surface area contributed by atoms with Crippen molar-refractivity contribution in [1.82, 2.24) is 19.4 Å². The second-order valence-electron chi connectivity index (χ2n) is 6.26. The predicted molar refractivity (Wildman–Crippen MR) is 107 cm³/mol. The van der Waals surface area contributed by atoms with E-state index in [1.807, 2.05) is 41.3 Å². The van der Waals surface area contributed by atoms with Crippen molar-refractivity contribution in [3.05, 3.63) is 58.5 Å². The molecule has 0 spiro atoms. The molecule has 0 atom stereocenters. The molecule has 1 amide bonds. The summed E-state index contributed by atoms with van der Waals surface area (Å²) in [5, 5.41) is 0. The number of carbonyl (C=O) groups excluding carboxylic acids is 1. The van der Waals surface area contributed by atoms with E-state index in [0.717, 1.165) is 40.8 Å². The van der Waals surface area contributed by atoms with E-state index in [-0.39, 0.29) is 5.91 Å². The third-order valence-electron chi connectivity index (χ3n) is 4.21. The Balaban J connectivity index is 1.94. The summed E-state index contributed by atoms with van der Waals surface area (Å²) in [5.74, 6) is 0.911. The molecule has 0 unspecified atom stereocenters. The van der Waals surface area contributed by atoms with E-state index in [9.17, 15) is 4.79 Å². The van der Waals surface area contributed by atoms with Crippen LogP contribution >= 0.6 is 15.9 Å². The zero-order chi connectivity index (χ0) is 18.5. The molecule has 0 aliphatic heterocycles. The fourth-order valence-electron chi connectivity index (χ4n) is 3.08. The van der Waals surface area contributed by atoms with Gasteiger partial charge in [0.2, 0.25) is 0 Å². The van der Waals surface area contributed by atoms with Crippen LogP contribution in [-0.2, 0) is 13.1 Å². The molecule has 2 heterocycles. The van der Waals surface area contributed by atoms with E-state index in [4.69, 9.17) is 4.98 Å². The van der Waals surface area contributed by atoms with E-state index >= 15 is 0 Å². The van der Waals surface area contributed by atoms with Gasteiger partial charge in [0.15, 0.2) is 5.65 Å². The van der Waals surface area contributed by atoms with Crippen LogP contribution < -0.4 is 0 Å². The number of amides is 1. The second kappa shape index (κ2) is 8.45. The van der Waals surface area contributed by atoms with Gasteiger partial charge in [0.1, 0.15) is 11.3 Å². The van der Waals surface area contributed by atoms with Gasteiger partial charge in [0.25, 0.3) is 5.91 Å². The molecule has 1 aromatic carbocycles. The highest BCUT2D eigenvalue weighted by atomic mass is 79.9. The molecule has 6 heteroatoms. The Morgan fingerprint density at radius 3 is 2.77 bits per heavy atom. The highest BCUT2D eigenvalue weighted by Gasteiger charge is 2.20. The lowest BCUT2D eigenvalue weighted by molar-refractivity contribution is 0.0737. The van der Waals surface area contributed by atoms with Gasteiger partial charge in [-0.1, -0.05) is 35.8 Å². The van der Waals surface area contributed by atoms with Crippen LogP contribution in [0.2, 0.25) is 0 Å². The van der Waals surface area contributed by atoms with Crippen LogP contribution in [0.5, 0.6) is 0 Å². The molecule has 0 fully saturated rings. The van der Waals surface area contributed by atoms with Crippen molar-refractivity contribution in [3.8, 4) is 0 Å². The number of rotatable bonds is 7. The van der Waals surface area contributed by atoms with E-state index in [1.165, 1.54) is 0 Å². The molecule has 0 saturated heterocycles. The number of aromatic nitrogens is 3. The first-order valence-corrected chi connectivity index (χ1v) is 9.78. The van der Waals surface area contributed by atoms with E-state index in [1.54, 1.807) is 6.20 Å². The van der Waals surface area contributed by atoms with Gasteiger partial charge >= 0.3 is 0 Å². The lowest BCUT2D eigenvalue weighted by Gasteiger charge is -2.22. The molecule has 5 nitrogen and oxygen atoms in total. The van der Waals surface area contributed by atoms with E-state index in [2.05, 4.69) is 39.3 Å². The van der Waals surface area contributed by atoms with Crippen molar-refractivity contribution in [2.75, 3.05) is 6.54 Å². The van der Waals surface area contributed by atoms with Gasteiger partial charge < -0.3 is 9.47 Å². The molecular weight excluding hydrogens is 392 g/mol. The fourth-order valence-corrected chi connectivity index (χ4v) is 3.48. The normalized spacial score (nSPS) is 11.0. The number of hydrogen-bond acceptors (Lipinski definition) is 3. The number of imidazole rings is 1. The summed E-state index contributed by atoms with van der Waals surface area (Å²) < 4.78 is 3.04. The third-order valence-corrected chi connectivity index (χ3v) is 4.71. The molecule has 0 aliphatic carbocycles. The lowest BCUT2D eigenvalue weighted by atomic mass is 10.2. The van der Waals surface area contributed by atoms with Gasteiger partial charge in [-0.2, -0.15) is 0 Å². The summed E-state index contributed by atoms with van der Waals surface area (Å²) in [6.07, 6.45) is 3.67. The topological polar surface area (TPSA) is 51.0 Å². The summed E-state index contributed by atoms with van der Waals surface area (Å²) in [6, 6.07) is 11.4. The van der Waals surface area contributed by atoms with Crippen molar-refractivity contribution >= 4 is 33.0 Å². The first-order valence-electron chi connectivity index (χ1n) is 8.99. The van der Waals surface area contributed by atoms with Crippen LogP contribution in [0.15, 0.2) is 47.1 Å². The second-order valence-corrected chi connectivity index (χ2v) is 7.18. The average Bonchev–Trinajstić information content (AvgIpc) is 2.98. The summed E-state index contributed by atoms with van der Waals surface area (Å²) in [7, 11) is 0. The summed E-state index contributed by atoms with van der Waals surface area (Å²) >= 11 is 3.45. The van der Waals surface area contributed by atoms with Crippen molar-refractivity contribution in [2.24, 2.45) is 0 Å². The fraction of sp³-hybridized carbons (Fsp3) is 0.350. The lowest BCUT2D eigenvalue weighted by Crippen LogP contribution is -2.32. The van der Waals surface area contributed by atoms with Crippen molar-refractivity contribution in [1.29, 1.82) is 0 Å². The minimum Gasteiger partial charge on any atom is -0.331 e. The molecule has 0 N–H and O–H groups in total. The van der Waals surface area contributed by atoms with Crippen LogP contribution in [0.1, 0.15) is 42.9 Å². The van der Waals surface area contributed by atoms with Gasteiger partial charge in [-0.15, -0.1) is 0 Å². The molecule has 0 radical (unpaired) electrons. The van der Waals surface area contributed by atoms with Gasteiger partial charge in [-0.25, -0.2) is 9.97 Å². The number of halogens is 1. The van der Waals surface area contributed by atoms with E-state index < -0.39 is 0 Å². The van der Waals surface area contributed by atoms with Gasteiger partial charge in [-0.05, 0) is 43.2 Å². The standard InChI is InChI=1S/C20H23BrN4O/c1-3-11-24(20(26)15-7-5-8-16(21)13-15)14-18-23-17-9-6-10-22-19(17)25(18)12-4-2/h5-10,13H,3-4,11-12,14H2,1-2H3. The number of aryl methyl sites for hydroxylation is 1. The Morgan fingerprint density at radius 1 is 1.19 bits per heavy atom. The number of carbonyl (C=O) groups is 1. The first kappa shape index (κ1) is 18.6.